The largest absolute Gasteiger partial charge is 0.465 e. The van der Waals surface area contributed by atoms with Crippen molar-refractivity contribution in [2.45, 2.75) is 0 Å². The van der Waals surface area contributed by atoms with Crippen LogP contribution in [0.2, 0.25) is 0 Å². The van der Waals surface area contributed by atoms with Crippen LogP contribution < -0.4 is 0 Å². The van der Waals surface area contributed by atoms with Crippen molar-refractivity contribution in [1.29, 1.82) is 0 Å². The van der Waals surface area contributed by atoms with E-state index in [4.69, 9.17) is 4.74 Å². The molecular formula is C16H12BrNO2. The zero-order valence-corrected chi connectivity index (χ0v) is 12.4. The molecule has 3 nitrogen and oxygen atoms in total. The Kier molecular flexibility index (Phi) is 3.32. The Balaban J connectivity index is 2.41. The van der Waals surface area contributed by atoms with E-state index in [9.17, 15) is 4.79 Å². The van der Waals surface area contributed by atoms with Crippen LogP contribution in [-0.4, -0.2) is 17.5 Å². The van der Waals surface area contributed by atoms with Gasteiger partial charge in [-0.3, -0.25) is 0 Å². The van der Waals surface area contributed by atoms with Crippen molar-refractivity contribution in [2.75, 3.05) is 7.11 Å². The molecule has 0 saturated heterocycles. The van der Waals surface area contributed by atoms with Gasteiger partial charge in [0.15, 0.2) is 0 Å². The minimum atomic E-state index is -0.335. The first-order valence-electron chi connectivity index (χ1n) is 6.16. The van der Waals surface area contributed by atoms with Gasteiger partial charge in [0.05, 0.1) is 22.8 Å². The summed E-state index contributed by atoms with van der Waals surface area (Å²) in [6.45, 7) is 0. The van der Waals surface area contributed by atoms with Gasteiger partial charge in [-0.1, -0.05) is 36.4 Å². The smallest absolute Gasteiger partial charge is 0.340 e. The first-order valence-corrected chi connectivity index (χ1v) is 6.95. The number of carbonyl (C=O) groups is 1. The number of halogens is 1. The van der Waals surface area contributed by atoms with Gasteiger partial charge in [0.1, 0.15) is 0 Å². The monoisotopic (exact) mass is 329 g/mol. The van der Waals surface area contributed by atoms with Crippen LogP contribution in [0.4, 0.5) is 0 Å². The van der Waals surface area contributed by atoms with Gasteiger partial charge in [-0.15, -0.1) is 0 Å². The lowest BCUT2D eigenvalue weighted by Crippen LogP contribution is -2.02. The molecule has 0 aliphatic heterocycles. The third-order valence-corrected chi connectivity index (χ3v) is 4.01. The zero-order valence-electron chi connectivity index (χ0n) is 10.8. The average Bonchev–Trinajstić information content (AvgIpc) is 2.81. The highest BCUT2D eigenvalue weighted by atomic mass is 79.9. The minimum absolute atomic E-state index is 0.335. The molecule has 20 heavy (non-hydrogen) atoms. The summed E-state index contributed by atoms with van der Waals surface area (Å²) in [7, 11) is 1.40. The molecule has 4 heteroatoms. The van der Waals surface area contributed by atoms with Crippen molar-refractivity contribution in [3.05, 3.63) is 64.9 Å². The molecule has 100 valence electrons. The number of aromatic nitrogens is 1. The Morgan fingerprint density at radius 2 is 1.80 bits per heavy atom. The topological polar surface area (TPSA) is 30.7 Å². The van der Waals surface area contributed by atoms with Crippen LogP contribution in [0.25, 0.3) is 16.6 Å². The van der Waals surface area contributed by atoms with E-state index in [1.54, 1.807) is 0 Å². The molecule has 0 unspecified atom stereocenters. The summed E-state index contributed by atoms with van der Waals surface area (Å²) in [5, 5.41) is 0. The number of carbonyl (C=O) groups excluding carboxylic acids is 1. The number of esters is 1. The summed E-state index contributed by atoms with van der Waals surface area (Å²) in [5.74, 6) is -0.335. The number of benzene rings is 1. The molecule has 0 aliphatic carbocycles. The number of methoxy groups -OCH3 is 1. The predicted molar refractivity (Wildman–Crippen MR) is 81.9 cm³/mol. The van der Waals surface area contributed by atoms with E-state index < -0.39 is 0 Å². The molecule has 0 aliphatic rings. The van der Waals surface area contributed by atoms with Gasteiger partial charge in [-0.2, -0.15) is 0 Å². The Morgan fingerprint density at radius 1 is 1.10 bits per heavy atom. The number of hydrogen-bond acceptors (Lipinski definition) is 2. The molecule has 3 rings (SSSR count). The van der Waals surface area contributed by atoms with Crippen LogP contribution in [0, 0.1) is 0 Å². The van der Waals surface area contributed by atoms with Crippen molar-refractivity contribution in [3.8, 4) is 11.1 Å². The quantitative estimate of drug-likeness (QED) is 0.661. The van der Waals surface area contributed by atoms with E-state index in [2.05, 4.69) is 15.9 Å². The van der Waals surface area contributed by atoms with Crippen molar-refractivity contribution >= 4 is 27.4 Å². The van der Waals surface area contributed by atoms with E-state index in [1.165, 1.54) is 7.11 Å². The van der Waals surface area contributed by atoms with Gasteiger partial charge >= 0.3 is 5.97 Å². The lowest BCUT2D eigenvalue weighted by molar-refractivity contribution is 0.0604. The Hall–Kier alpha value is -2.07. The normalized spacial score (nSPS) is 10.7. The molecule has 1 aromatic carbocycles. The number of rotatable bonds is 2. The minimum Gasteiger partial charge on any atom is -0.465 e. The molecule has 0 N–H and O–H groups in total. The average molecular weight is 330 g/mol. The third-order valence-electron chi connectivity index (χ3n) is 3.24. The molecule has 0 saturated carbocycles. The Labute approximate surface area is 124 Å². The maximum Gasteiger partial charge on any atom is 0.340 e. The molecule has 0 fully saturated rings. The molecule has 0 amide bonds. The van der Waals surface area contributed by atoms with Crippen LogP contribution in [-0.2, 0) is 4.74 Å². The predicted octanol–water partition coefficient (Wildman–Crippen LogP) is 4.16. The van der Waals surface area contributed by atoms with E-state index in [0.717, 1.165) is 21.2 Å². The molecule has 0 radical (unpaired) electrons. The van der Waals surface area contributed by atoms with Crippen molar-refractivity contribution in [1.82, 2.24) is 4.40 Å². The Bertz CT molecular complexity index is 778. The fraction of sp³-hybridized carbons (Fsp3) is 0.0625. The number of pyridine rings is 1. The summed E-state index contributed by atoms with van der Waals surface area (Å²) < 4.78 is 7.73. The second kappa shape index (κ2) is 5.13. The molecule has 0 bridgehead atoms. The van der Waals surface area contributed by atoms with Crippen LogP contribution >= 0.6 is 15.9 Å². The lowest BCUT2D eigenvalue weighted by Gasteiger charge is -2.03. The number of fused-ring (bicyclic) bond motifs is 1. The summed E-state index contributed by atoms with van der Waals surface area (Å²) >= 11 is 3.59. The van der Waals surface area contributed by atoms with Crippen LogP contribution in [0.3, 0.4) is 0 Å². The third kappa shape index (κ3) is 1.93. The zero-order chi connectivity index (χ0) is 14.1. The highest BCUT2D eigenvalue weighted by molar-refractivity contribution is 9.10. The van der Waals surface area contributed by atoms with Crippen LogP contribution in [0.1, 0.15) is 10.4 Å². The molecule has 2 aromatic heterocycles. The second-order valence-corrected chi connectivity index (χ2v) is 5.11. The van der Waals surface area contributed by atoms with E-state index in [0.29, 0.717) is 5.56 Å². The van der Waals surface area contributed by atoms with Gasteiger partial charge in [0.25, 0.3) is 0 Å². The van der Waals surface area contributed by atoms with Crippen molar-refractivity contribution in [3.63, 3.8) is 0 Å². The summed E-state index contributed by atoms with van der Waals surface area (Å²) in [4.78, 5) is 12.2. The highest BCUT2D eigenvalue weighted by Gasteiger charge is 2.23. The van der Waals surface area contributed by atoms with Gasteiger partial charge < -0.3 is 9.14 Å². The lowest BCUT2D eigenvalue weighted by atomic mass is 10.0. The fourth-order valence-corrected chi connectivity index (χ4v) is 3.08. The van der Waals surface area contributed by atoms with E-state index in [1.807, 2.05) is 59.1 Å². The molecule has 0 spiro atoms. The Morgan fingerprint density at radius 3 is 2.50 bits per heavy atom. The molecule has 3 aromatic rings. The first kappa shape index (κ1) is 12.9. The number of ether oxygens (including phenoxy) is 1. The highest BCUT2D eigenvalue weighted by Crippen LogP contribution is 2.36. The summed E-state index contributed by atoms with van der Waals surface area (Å²) in [5.41, 5.74) is 3.23. The number of hydrogen-bond donors (Lipinski definition) is 0. The van der Waals surface area contributed by atoms with Crippen molar-refractivity contribution < 1.29 is 9.53 Å². The SMILES string of the molecule is COC(=O)c1c(-c2ccccc2)c(Br)n2ccccc12. The van der Waals surface area contributed by atoms with Gasteiger partial charge in [-0.25, -0.2) is 4.79 Å². The molecule has 2 heterocycles. The van der Waals surface area contributed by atoms with E-state index in [-0.39, 0.29) is 5.97 Å². The molecule has 0 atom stereocenters. The van der Waals surface area contributed by atoms with Crippen molar-refractivity contribution in [2.24, 2.45) is 0 Å². The number of nitrogens with zero attached hydrogens (tertiary/aromatic N) is 1. The second-order valence-electron chi connectivity index (χ2n) is 4.35. The van der Waals surface area contributed by atoms with Crippen LogP contribution in [0.5, 0.6) is 0 Å². The fourth-order valence-electron chi connectivity index (χ4n) is 2.35. The van der Waals surface area contributed by atoms with Gasteiger partial charge in [0.2, 0.25) is 0 Å². The van der Waals surface area contributed by atoms with Crippen LogP contribution in [0.15, 0.2) is 59.3 Å². The van der Waals surface area contributed by atoms with E-state index >= 15 is 0 Å². The van der Waals surface area contributed by atoms with Gasteiger partial charge in [0, 0.05) is 11.8 Å². The molecular weight excluding hydrogens is 318 g/mol. The summed E-state index contributed by atoms with van der Waals surface area (Å²) in [6, 6.07) is 15.5. The van der Waals surface area contributed by atoms with Gasteiger partial charge in [-0.05, 0) is 33.6 Å². The first-order chi connectivity index (χ1) is 9.74. The maximum atomic E-state index is 12.2. The maximum absolute atomic E-state index is 12.2. The summed E-state index contributed by atoms with van der Waals surface area (Å²) in [6.07, 6.45) is 1.91. The standard InChI is InChI=1S/C16H12BrNO2/c1-20-16(19)14-12-9-5-6-10-18(12)15(17)13(14)11-7-3-2-4-8-11/h2-10H,1H3.